The van der Waals surface area contributed by atoms with Crippen molar-refractivity contribution in [1.82, 2.24) is 9.29 Å². The maximum Gasteiger partial charge on any atom is 0.214 e. The summed E-state index contributed by atoms with van der Waals surface area (Å²) >= 11 is 3.30. The van der Waals surface area contributed by atoms with Crippen molar-refractivity contribution in [1.29, 1.82) is 0 Å². The topological polar surface area (TPSA) is 50.3 Å². The molecule has 0 N–H and O–H groups in total. The molecule has 1 aliphatic rings. The van der Waals surface area contributed by atoms with Crippen LogP contribution in [0.2, 0.25) is 0 Å². The largest absolute Gasteiger partial charge is 0.246 e. The molecule has 1 saturated heterocycles. The van der Waals surface area contributed by atoms with Crippen molar-refractivity contribution in [2.24, 2.45) is 0 Å². The molecule has 0 aliphatic carbocycles. The maximum atomic E-state index is 12.7. The minimum absolute atomic E-state index is 0.204. The second-order valence-electron chi connectivity index (χ2n) is 6.61. The average molecular weight is 385 g/mol. The third kappa shape index (κ3) is 4.25. The molecule has 1 aliphatic heterocycles. The van der Waals surface area contributed by atoms with Crippen LogP contribution in [0, 0.1) is 0 Å². The van der Waals surface area contributed by atoms with Crippen LogP contribution in [0.4, 0.5) is 0 Å². The van der Waals surface area contributed by atoms with E-state index in [0.717, 1.165) is 28.4 Å². The molecule has 4 nitrogen and oxygen atoms in total. The SMILES string of the molecule is CC(C)c1csc(C2CCCN(S(=O)(=O)CCc3cccs3)C2)n1. The van der Waals surface area contributed by atoms with Gasteiger partial charge in [-0.15, -0.1) is 22.7 Å². The van der Waals surface area contributed by atoms with Crippen LogP contribution < -0.4 is 0 Å². The van der Waals surface area contributed by atoms with Gasteiger partial charge < -0.3 is 0 Å². The van der Waals surface area contributed by atoms with E-state index in [1.54, 1.807) is 27.0 Å². The third-order valence-electron chi connectivity index (χ3n) is 4.44. The number of sulfonamides is 1. The summed E-state index contributed by atoms with van der Waals surface area (Å²) in [5.74, 6) is 0.868. The molecule has 3 rings (SSSR count). The Morgan fingerprint density at radius 1 is 1.38 bits per heavy atom. The van der Waals surface area contributed by atoms with Crippen molar-refractivity contribution >= 4 is 32.7 Å². The van der Waals surface area contributed by atoms with Crippen molar-refractivity contribution in [2.45, 2.75) is 44.9 Å². The van der Waals surface area contributed by atoms with Crippen molar-refractivity contribution in [3.8, 4) is 0 Å². The average Bonchev–Trinajstić information content (AvgIpc) is 3.25. The van der Waals surface area contributed by atoms with E-state index in [1.807, 2.05) is 17.5 Å². The maximum absolute atomic E-state index is 12.7. The minimum atomic E-state index is -3.19. The molecule has 0 spiro atoms. The van der Waals surface area contributed by atoms with Crippen LogP contribution in [0.1, 0.15) is 54.1 Å². The smallest absolute Gasteiger partial charge is 0.214 e. The van der Waals surface area contributed by atoms with Gasteiger partial charge in [-0.05, 0) is 36.6 Å². The Kier molecular flexibility index (Phi) is 5.74. The van der Waals surface area contributed by atoms with E-state index in [2.05, 4.69) is 19.2 Å². The number of piperidine rings is 1. The summed E-state index contributed by atoms with van der Waals surface area (Å²) in [7, 11) is -3.19. The monoisotopic (exact) mass is 384 g/mol. The number of aryl methyl sites for hydroxylation is 1. The first kappa shape index (κ1) is 18.0. The second-order valence-corrected chi connectivity index (χ2v) is 10.6. The lowest BCUT2D eigenvalue weighted by molar-refractivity contribution is 0.315. The van der Waals surface area contributed by atoms with Gasteiger partial charge >= 0.3 is 0 Å². The van der Waals surface area contributed by atoms with E-state index >= 15 is 0 Å². The zero-order valence-corrected chi connectivity index (χ0v) is 16.6. The summed E-state index contributed by atoms with van der Waals surface area (Å²) in [4.78, 5) is 5.87. The highest BCUT2D eigenvalue weighted by atomic mass is 32.2. The van der Waals surface area contributed by atoms with E-state index < -0.39 is 10.0 Å². The highest BCUT2D eigenvalue weighted by molar-refractivity contribution is 7.89. The molecule has 0 bridgehead atoms. The van der Waals surface area contributed by atoms with Crippen LogP contribution in [0.25, 0.3) is 0 Å². The third-order valence-corrected chi connectivity index (χ3v) is 8.24. The van der Waals surface area contributed by atoms with Crippen LogP contribution in [-0.4, -0.2) is 36.5 Å². The fraction of sp³-hybridized carbons (Fsp3) is 0.588. The van der Waals surface area contributed by atoms with E-state index in [9.17, 15) is 8.42 Å². The van der Waals surface area contributed by atoms with Gasteiger partial charge in [0.25, 0.3) is 0 Å². The Balaban J connectivity index is 1.65. The predicted molar refractivity (Wildman–Crippen MR) is 102 cm³/mol. The molecule has 1 atom stereocenters. The Morgan fingerprint density at radius 2 is 2.21 bits per heavy atom. The number of nitrogens with zero attached hydrogens (tertiary/aromatic N) is 2. The molecule has 1 fully saturated rings. The van der Waals surface area contributed by atoms with E-state index in [4.69, 9.17) is 4.98 Å². The Morgan fingerprint density at radius 3 is 2.88 bits per heavy atom. The predicted octanol–water partition coefficient (Wildman–Crippen LogP) is 4.08. The molecule has 7 heteroatoms. The molecule has 0 saturated carbocycles. The summed E-state index contributed by atoms with van der Waals surface area (Å²) in [5, 5.41) is 5.20. The number of hydrogen-bond acceptors (Lipinski definition) is 5. The van der Waals surface area contributed by atoms with Gasteiger partial charge in [0, 0.05) is 29.3 Å². The molecule has 0 radical (unpaired) electrons. The Labute approximate surface area is 152 Å². The minimum Gasteiger partial charge on any atom is -0.246 e. The normalized spacial score (nSPS) is 19.9. The first-order chi connectivity index (χ1) is 11.5. The van der Waals surface area contributed by atoms with Gasteiger partial charge in [0.15, 0.2) is 0 Å². The van der Waals surface area contributed by atoms with Gasteiger partial charge in [0.05, 0.1) is 16.5 Å². The number of rotatable bonds is 6. The van der Waals surface area contributed by atoms with Gasteiger partial charge in [-0.1, -0.05) is 19.9 Å². The first-order valence-corrected chi connectivity index (χ1v) is 11.8. The van der Waals surface area contributed by atoms with E-state index in [0.29, 0.717) is 25.4 Å². The summed E-state index contributed by atoms with van der Waals surface area (Å²) in [6.07, 6.45) is 2.55. The molecule has 1 unspecified atom stereocenters. The molecule has 2 aromatic rings. The van der Waals surface area contributed by atoms with Crippen molar-refractivity contribution in [2.75, 3.05) is 18.8 Å². The molecule has 0 amide bonds. The molecule has 0 aromatic carbocycles. The lowest BCUT2D eigenvalue weighted by atomic mass is 10.0. The number of aromatic nitrogens is 1. The standard InChI is InChI=1S/C17H24N2O2S3/c1-13(2)16-12-23-17(18-16)14-5-3-8-19(11-14)24(20,21)10-7-15-6-4-9-22-15/h4,6,9,12-14H,3,5,7-8,10-11H2,1-2H3. The highest BCUT2D eigenvalue weighted by Crippen LogP contribution is 2.32. The van der Waals surface area contributed by atoms with E-state index in [1.165, 1.54) is 0 Å². The fourth-order valence-electron chi connectivity index (χ4n) is 2.96. The molecular formula is C17H24N2O2S3. The Hall–Kier alpha value is -0.760. The van der Waals surface area contributed by atoms with Crippen molar-refractivity contribution < 1.29 is 8.42 Å². The lowest BCUT2D eigenvalue weighted by Crippen LogP contribution is -2.40. The summed E-state index contributed by atoms with van der Waals surface area (Å²) in [6.45, 7) is 5.51. The molecular weight excluding hydrogens is 360 g/mol. The molecule has 3 heterocycles. The second kappa shape index (κ2) is 7.64. The van der Waals surface area contributed by atoms with Crippen molar-refractivity contribution in [3.05, 3.63) is 38.5 Å². The molecule has 132 valence electrons. The number of thiazole rings is 1. The lowest BCUT2D eigenvalue weighted by Gasteiger charge is -2.31. The van der Waals surface area contributed by atoms with Crippen LogP contribution in [0.5, 0.6) is 0 Å². The van der Waals surface area contributed by atoms with Gasteiger partial charge in [0.1, 0.15) is 0 Å². The Bertz CT molecular complexity index is 751. The zero-order valence-electron chi connectivity index (χ0n) is 14.1. The van der Waals surface area contributed by atoms with Crippen LogP contribution in [-0.2, 0) is 16.4 Å². The highest BCUT2D eigenvalue weighted by Gasteiger charge is 2.30. The van der Waals surface area contributed by atoms with Gasteiger partial charge in [-0.25, -0.2) is 17.7 Å². The van der Waals surface area contributed by atoms with Gasteiger partial charge in [-0.3, -0.25) is 0 Å². The zero-order chi connectivity index (χ0) is 17.2. The summed E-state index contributed by atoms with van der Waals surface area (Å²) < 4.78 is 27.1. The quantitative estimate of drug-likeness (QED) is 0.754. The van der Waals surface area contributed by atoms with Crippen LogP contribution in [0.15, 0.2) is 22.9 Å². The van der Waals surface area contributed by atoms with E-state index in [-0.39, 0.29) is 11.7 Å². The number of hydrogen-bond donors (Lipinski definition) is 0. The van der Waals surface area contributed by atoms with Gasteiger partial charge in [-0.2, -0.15) is 0 Å². The first-order valence-electron chi connectivity index (χ1n) is 8.41. The summed E-state index contributed by atoms with van der Waals surface area (Å²) in [6, 6.07) is 3.97. The van der Waals surface area contributed by atoms with Crippen LogP contribution >= 0.6 is 22.7 Å². The summed E-state index contributed by atoms with van der Waals surface area (Å²) in [5.41, 5.74) is 1.12. The molecule has 2 aromatic heterocycles. The van der Waals surface area contributed by atoms with Gasteiger partial charge in [0.2, 0.25) is 10.0 Å². The van der Waals surface area contributed by atoms with Crippen LogP contribution in [0.3, 0.4) is 0 Å². The number of thiophene rings is 1. The molecule has 24 heavy (non-hydrogen) atoms. The fourth-order valence-corrected chi connectivity index (χ4v) is 6.46. The van der Waals surface area contributed by atoms with Crippen molar-refractivity contribution in [3.63, 3.8) is 0 Å².